The van der Waals surface area contributed by atoms with Gasteiger partial charge in [0, 0.05) is 13.1 Å². The summed E-state index contributed by atoms with van der Waals surface area (Å²) in [5.41, 5.74) is 5.52. The standard InChI is InChI=1S/C11H22N2/c12-6-1-2-10-5-7-13(8-10)9-11-3-4-11/h10-11H,1-9,12H2. The molecule has 2 N–H and O–H groups in total. The molecule has 0 aromatic heterocycles. The normalized spacial score (nSPS) is 29.8. The van der Waals surface area contributed by atoms with Crippen LogP contribution in [0.2, 0.25) is 0 Å². The molecule has 1 heterocycles. The van der Waals surface area contributed by atoms with E-state index in [1.165, 1.54) is 51.7 Å². The van der Waals surface area contributed by atoms with Crippen LogP contribution in [-0.2, 0) is 0 Å². The highest BCUT2D eigenvalue weighted by Crippen LogP contribution is 2.32. The first-order chi connectivity index (χ1) is 6.38. The Morgan fingerprint density at radius 2 is 2.00 bits per heavy atom. The number of likely N-dealkylation sites (tertiary alicyclic amines) is 1. The van der Waals surface area contributed by atoms with E-state index in [1.807, 2.05) is 0 Å². The van der Waals surface area contributed by atoms with Gasteiger partial charge in [-0.1, -0.05) is 0 Å². The average molecular weight is 182 g/mol. The summed E-state index contributed by atoms with van der Waals surface area (Å²) in [5, 5.41) is 0. The molecule has 0 amide bonds. The molecule has 1 saturated heterocycles. The fourth-order valence-electron chi connectivity index (χ4n) is 2.39. The average Bonchev–Trinajstić information content (AvgIpc) is 2.81. The van der Waals surface area contributed by atoms with E-state index in [-0.39, 0.29) is 0 Å². The second-order valence-corrected chi connectivity index (χ2v) is 4.79. The third-order valence-electron chi connectivity index (χ3n) is 3.40. The molecule has 1 saturated carbocycles. The van der Waals surface area contributed by atoms with E-state index >= 15 is 0 Å². The third kappa shape index (κ3) is 2.96. The number of nitrogens with zero attached hydrogens (tertiary/aromatic N) is 1. The Morgan fingerprint density at radius 1 is 1.15 bits per heavy atom. The van der Waals surface area contributed by atoms with Crippen molar-refractivity contribution in [3.63, 3.8) is 0 Å². The molecule has 2 aliphatic rings. The number of hydrogen-bond acceptors (Lipinski definition) is 2. The minimum absolute atomic E-state index is 0.874. The maximum atomic E-state index is 5.52. The molecule has 1 unspecified atom stereocenters. The SMILES string of the molecule is NCCCC1CCN(CC2CC2)C1. The van der Waals surface area contributed by atoms with Crippen LogP contribution in [-0.4, -0.2) is 31.1 Å². The van der Waals surface area contributed by atoms with Gasteiger partial charge in [0.15, 0.2) is 0 Å². The Balaban J connectivity index is 1.61. The Labute approximate surface area is 81.5 Å². The van der Waals surface area contributed by atoms with Gasteiger partial charge >= 0.3 is 0 Å². The van der Waals surface area contributed by atoms with E-state index in [2.05, 4.69) is 4.90 Å². The summed E-state index contributed by atoms with van der Waals surface area (Å²) in [4.78, 5) is 2.67. The van der Waals surface area contributed by atoms with E-state index < -0.39 is 0 Å². The molecule has 0 aromatic carbocycles. The van der Waals surface area contributed by atoms with Crippen molar-refractivity contribution in [3.05, 3.63) is 0 Å². The summed E-state index contributed by atoms with van der Waals surface area (Å²) in [6.07, 6.45) is 6.99. The fraction of sp³-hybridized carbons (Fsp3) is 1.00. The van der Waals surface area contributed by atoms with Crippen molar-refractivity contribution in [2.75, 3.05) is 26.2 Å². The van der Waals surface area contributed by atoms with Crippen molar-refractivity contribution in [3.8, 4) is 0 Å². The molecule has 13 heavy (non-hydrogen) atoms. The fourth-order valence-corrected chi connectivity index (χ4v) is 2.39. The van der Waals surface area contributed by atoms with Crippen LogP contribution in [0.3, 0.4) is 0 Å². The maximum Gasteiger partial charge on any atom is 0.00103 e. The van der Waals surface area contributed by atoms with E-state index in [0.717, 1.165) is 18.4 Å². The Morgan fingerprint density at radius 3 is 2.69 bits per heavy atom. The van der Waals surface area contributed by atoms with Crippen molar-refractivity contribution in [2.45, 2.75) is 32.1 Å². The van der Waals surface area contributed by atoms with Gasteiger partial charge in [-0.3, -0.25) is 0 Å². The summed E-state index contributed by atoms with van der Waals surface area (Å²) in [6.45, 7) is 4.97. The van der Waals surface area contributed by atoms with Gasteiger partial charge in [0.2, 0.25) is 0 Å². The van der Waals surface area contributed by atoms with Crippen molar-refractivity contribution in [1.82, 2.24) is 4.90 Å². The van der Waals surface area contributed by atoms with Crippen LogP contribution in [0.25, 0.3) is 0 Å². The Hall–Kier alpha value is -0.0800. The lowest BCUT2D eigenvalue weighted by Gasteiger charge is -2.14. The van der Waals surface area contributed by atoms with Crippen LogP contribution < -0.4 is 5.73 Å². The minimum atomic E-state index is 0.874. The zero-order valence-corrected chi connectivity index (χ0v) is 8.54. The number of hydrogen-bond donors (Lipinski definition) is 1. The van der Waals surface area contributed by atoms with Crippen LogP contribution in [0, 0.1) is 11.8 Å². The summed E-state index contributed by atoms with van der Waals surface area (Å²) in [7, 11) is 0. The number of rotatable bonds is 5. The smallest absolute Gasteiger partial charge is 0.00103 e. The summed E-state index contributed by atoms with van der Waals surface area (Å²) in [5.74, 6) is 2.02. The number of nitrogens with two attached hydrogens (primary N) is 1. The van der Waals surface area contributed by atoms with Gasteiger partial charge in [0.25, 0.3) is 0 Å². The molecule has 0 aromatic rings. The lowest BCUT2D eigenvalue weighted by molar-refractivity contribution is 0.307. The molecule has 0 radical (unpaired) electrons. The molecule has 76 valence electrons. The molecule has 2 nitrogen and oxygen atoms in total. The van der Waals surface area contributed by atoms with Gasteiger partial charge in [-0.2, -0.15) is 0 Å². The van der Waals surface area contributed by atoms with Crippen molar-refractivity contribution in [2.24, 2.45) is 17.6 Å². The van der Waals surface area contributed by atoms with Crippen LogP contribution in [0.5, 0.6) is 0 Å². The molecule has 1 aliphatic heterocycles. The van der Waals surface area contributed by atoms with Crippen molar-refractivity contribution >= 4 is 0 Å². The van der Waals surface area contributed by atoms with E-state index in [9.17, 15) is 0 Å². The van der Waals surface area contributed by atoms with E-state index in [0.29, 0.717) is 0 Å². The Kier molecular flexibility index (Phi) is 3.23. The van der Waals surface area contributed by atoms with Crippen molar-refractivity contribution in [1.29, 1.82) is 0 Å². The van der Waals surface area contributed by atoms with Gasteiger partial charge in [-0.15, -0.1) is 0 Å². The Bertz CT molecular complexity index is 154. The molecular weight excluding hydrogens is 160 g/mol. The molecule has 1 aliphatic carbocycles. The molecule has 2 heteroatoms. The monoisotopic (exact) mass is 182 g/mol. The van der Waals surface area contributed by atoms with E-state index in [4.69, 9.17) is 5.73 Å². The van der Waals surface area contributed by atoms with Crippen LogP contribution in [0.1, 0.15) is 32.1 Å². The zero-order chi connectivity index (χ0) is 9.10. The quantitative estimate of drug-likeness (QED) is 0.697. The van der Waals surface area contributed by atoms with Gasteiger partial charge in [-0.05, 0) is 57.0 Å². The molecule has 2 rings (SSSR count). The predicted molar refractivity (Wildman–Crippen MR) is 55.6 cm³/mol. The zero-order valence-electron chi connectivity index (χ0n) is 8.54. The summed E-state index contributed by atoms with van der Waals surface area (Å²) < 4.78 is 0. The molecule has 0 bridgehead atoms. The topological polar surface area (TPSA) is 29.3 Å². The molecule has 0 spiro atoms. The first-order valence-corrected chi connectivity index (χ1v) is 5.81. The van der Waals surface area contributed by atoms with Gasteiger partial charge in [-0.25, -0.2) is 0 Å². The second kappa shape index (κ2) is 4.43. The van der Waals surface area contributed by atoms with Gasteiger partial charge in [0.05, 0.1) is 0 Å². The van der Waals surface area contributed by atoms with Crippen LogP contribution in [0.4, 0.5) is 0 Å². The summed E-state index contributed by atoms with van der Waals surface area (Å²) >= 11 is 0. The lowest BCUT2D eigenvalue weighted by Crippen LogP contribution is -2.23. The molecule has 1 atom stereocenters. The van der Waals surface area contributed by atoms with Crippen LogP contribution in [0.15, 0.2) is 0 Å². The first-order valence-electron chi connectivity index (χ1n) is 5.81. The van der Waals surface area contributed by atoms with Crippen molar-refractivity contribution < 1.29 is 0 Å². The van der Waals surface area contributed by atoms with Crippen LogP contribution >= 0.6 is 0 Å². The van der Waals surface area contributed by atoms with Gasteiger partial charge in [0.1, 0.15) is 0 Å². The molecule has 2 fully saturated rings. The highest BCUT2D eigenvalue weighted by molar-refractivity contribution is 4.82. The van der Waals surface area contributed by atoms with Gasteiger partial charge < -0.3 is 10.6 Å². The highest BCUT2D eigenvalue weighted by Gasteiger charge is 2.28. The highest BCUT2D eigenvalue weighted by atomic mass is 15.1. The third-order valence-corrected chi connectivity index (χ3v) is 3.40. The van der Waals surface area contributed by atoms with E-state index in [1.54, 1.807) is 0 Å². The second-order valence-electron chi connectivity index (χ2n) is 4.79. The largest absolute Gasteiger partial charge is 0.330 e. The predicted octanol–water partition coefficient (Wildman–Crippen LogP) is 1.46. The lowest BCUT2D eigenvalue weighted by atomic mass is 10.0. The maximum absolute atomic E-state index is 5.52. The summed E-state index contributed by atoms with van der Waals surface area (Å²) in [6, 6.07) is 0. The molecular formula is C11H22N2. The first kappa shape index (κ1) is 9.47. The minimum Gasteiger partial charge on any atom is -0.330 e.